The fourth-order valence-corrected chi connectivity index (χ4v) is 2.05. The average Bonchev–Trinajstić information content (AvgIpc) is 2.48. The first-order chi connectivity index (χ1) is 10.1. The van der Waals surface area contributed by atoms with E-state index in [0.717, 1.165) is 12.1 Å². The van der Waals surface area contributed by atoms with Crippen molar-refractivity contribution in [3.8, 4) is 0 Å². The zero-order valence-corrected chi connectivity index (χ0v) is 12.6. The van der Waals surface area contributed by atoms with E-state index in [1.807, 2.05) is 18.2 Å². The number of rotatable bonds is 7. The van der Waals surface area contributed by atoms with Crippen LogP contribution in [0.5, 0.6) is 0 Å². The molecule has 0 aliphatic rings. The molecule has 2 rings (SSSR count). The number of hydrogen-bond donors (Lipinski definition) is 1. The van der Waals surface area contributed by atoms with Crippen molar-refractivity contribution >= 4 is 0 Å². The maximum Gasteiger partial charge on any atom is 0.128 e. The Morgan fingerprint density at radius 2 is 1.76 bits per heavy atom. The van der Waals surface area contributed by atoms with E-state index in [2.05, 4.69) is 31.3 Å². The van der Waals surface area contributed by atoms with Crippen molar-refractivity contribution in [2.24, 2.45) is 0 Å². The fraction of sp³-hybridized carbons (Fsp3) is 0.333. The molecule has 3 heteroatoms. The highest BCUT2D eigenvalue weighted by Crippen LogP contribution is 2.11. The van der Waals surface area contributed by atoms with Gasteiger partial charge >= 0.3 is 0 Å². The second-order valence-electron chi connectivity index (χ2n) is 5.44. The zero-order valence-electron chi connectivity index (χ0n) is 12.6. The first kappa shape index (κ1) is 15.7. The molecule has 1 N–H and O–H groups in total. The van der Waals surface area contributed by atoms with Crippen molar-refractivity contribution in [2.75, 3.05) is 0 Å². The van der Waals surface area contributed by atoms with Crippen LogP contribution >= 0.6 is 0 Å². The van der Waals surface area contributed by atoms with Crippen molar-refractivity contribution < 1.29 is 9.13 Å². The largest absolute Gasteiger partial charge is 0.372 e. The van der Waals surface area contributed by atoms with Crippen LogP contribution in [-0.2, 0) is 24.5 Å². The molecule has 0 fully saturated rings. The Hall–Kier alpha value is -1.71. The van der Waals surface area contributed by atoms with Crippen molar-refractivity contribution in [2.45, 2.75) is 39.6 Å². The Balaban J connectivity index is 1.86. The van der Waals surface area contributed by atoms with Gasteiger partial charge in [0, 0.05) is 18.2 Å². The summed E-state index contributed by atoms with van der Waals surface area (Å²) in [5, 5.41) is 3.39. The molecule has 0 spiro atoms. The van der Waals surface area contributed by atoms with Crippen LogP contribution in [0.1, 0.15) is 30.5 Å². The van der Waals surface area contributed by atoms with E-state index in [9.17, 15) is 4.39 Å². The smallest absolute Gasteiger partial charge is 0.128 e. The van der Waals surface area contributed by atoms with Crippen LogP contribution < -0.4 is 5.32 Å². The number of nitrogens with one attached hydrogen (secondary N) is 1. The van der Waals surface area contributed by atoms with Gasteiger partial charge in [0.1, 0.15) is 5.82 Å². The minimum atomic E-state index is -0.215. The maximum absolute atomic E-state index is 13.5. The zero-order chi connectivity index (χ0) is 15.1. The molecule has 21 heavy (non-hydrogen) atoms. The molecule has 0 saturated carbocycles. The second-order valence-corrected chi connectivity index (χ2v) is 5.44. The lowest BCUT2D eigenvalue weighted by Gasteiger charge is -2.10. The summed E-state index contributed by atoms with van der Waals surface area (Å²) in [5.41, 5.74) is 2.93. The lowest BCUT2D eigenvalue weighted by molar-refractivity contribution is 0.105. The van der Waals surface area contributed by atoms with Crippen molar-refractivity contribution in [3.05, 3.63) is 71.0 Å². The Morgan fingerprint density at radius 3 is 2.52 bits per heavy atom. The van der Waals surface area contributed by atoms with Gasteiger partial charge in [-0.3, -0.25) is 0 Å². The Kier molecular flexibility index (Phi) is 5.90. The molecule has 0 heterocycles. The van der Waals surface area contributed by atoms with Gasteiger partial charge < -0.3 is 10.1 Å². The molecule has 0 unspecified atom stereocenters. The summed E-state index contributed by atoms with van der Waals surface area (Å²) in [7, 11) is 0. The summed E-state index contributed by atoms with van der Waals surface area (Å²) in [5.74, 6) is -0.215. The van der Waals surface area contributed by atoms with Crippen molar-refractivity contribution in [1.29, 1.82) is 0 Å². The van der Waals surface area contributed by atoms with Crippen LogP contribution in [0.25, 0.3) is 0 Å². The summed E-state index contributed by atoms with van der Waals surface area (Å²) >= 11 is 0. The molecular formula is C18H22FNO. The standard InChI is InChI=1S/C18H22FNO/c1-14(2)20-11-15-6-5-7-16(10-15)12-21-13-17-8-3-4-9-18(17)19/h3-10,14,20H,11-13H2,1-2H3. The minimum Gasteiger partial charge on any atom is -0.372 e. The van der Waals surface area contributed by atoms with Crippen molar-refractivity contribution in [1.82, 2.24) is 5.32 Å². The van der Waals surface area contributed by atoms with Gasteiger partial charge in [-0.2, -0.15) is 0 Å². The fourth-order valence-electron chi connectivity index (χ4n) is 2.05. The predicted molar refractivity (Wildman–Crippen MR) is 83.3 cm³/mol. The monoisotopic (exact) mass is 287 g/mol. The molecule has 2 aromatic rings. The van der Waals surface area contributed by atoms with Gasteiger partial charge in [0.05, 0.1) is 13.2 Å². The van der Waals surface area contributed by atoms with E-state index in [4.69, 9.17) is 4.74 Å². The lowest BCUT2D eigenvalue weighted by atomic mass is 10.1. The summed E-state index contributed by atoms with van der Waals surface area (Å²) in [4.78, 5) is 0. The van der Waals surface area contributed by atoms with E-state index in [0.29, 0.717) is 24.8 Å². The minimum absolute atomic E-state index is 0.215. The van der Waals surface area contributed by atoms with E-state index in [1.54, 1.807) is 12.1 Å². The molecule has 2 nitrogen and oxygen atoms in total. The summed E-state index contributed by atoms with van der Waals surface area (Å²) in [6.07, 6.45) is 0. The SMILES string of the molecule is CC(C)NCc1cccc(COCc2ccccc2F)c1. The van der Waals surface area contributed by atoms with Gasteiger partial charge in [-0.15, -0.1) is 0 Å². The number of halogens is 1. The van der Waals surface area contributed by atoms with E-state index in [1.165, 1.54) is 11.6 Å². The van der Waals surface area contributed by atoms with Gasteiger partial charge in [0.15, 0.2) is 0 Å². The third kappa shape index (κ3) is 5.29. The molecule has 0 aromatic heterocycles. The highest BCUT2D eigenvalue weighted by atomic mass is 19.1. The predicted octanol–water partition coefficient (Wildman–Crippen LogP) is 4.04. The van der Waals surface area contributed by atoms with Gasteiger partial charge in [-0.1, -0.05) is 56.3 Å². The third-order valence-electron chi connectivity index (χ3n) is 3.19. The topological polar surface area (TPSA) is 21.3 Å². The van der Waals surface area contributed by atoms with Crippen LogP contribution in [0.3, 0.4) is 0 Å². The Labute approximate surface area is 126 Å². The van der Waals surface area contributed by atoms with E-state index >= 15 is 0 Å². The van der Waals surface area contributed by atoms with Gasteiger partial charge in [0.2, 0.25) is 0 Å². The van der Waals surface area contributed by atoms with Crippen LogP contribution in [-0.4, -0.2) is 6.04 Å². The molecule has 0 aliphatic carbocycles. The highest BCUT2D eigenvalue weighted by molar-refractivity contribution is 5.23. The molecule has 0 saturated heterocycles. The summed E-state index contributed by atoms with van der Waals surface area (Å²) < 4.78 is 19.1. The molecule has 0 atom stereocenters. The lowest BCUT2D eigenvalue weighted by Crippen LogP contribution is -2.21. The highest BCUT2D eigenvalue weighted by Gasteiger charge is 2.02. The van der Waals surface area contributed by atoms with Crippen LogP contribution in [0.2, 0.25) is 0 Å². The average molecular weight is 287 g/mol. The van der Waals surface area contributed by atoms with Gasteiger partial charge in [-0.25, -0.2) is 4.39 Å². The maximum atomic E-state index is 13.5. The number of ether oxygens (including phenoxy) is 1. The first-order valence-electron chi connectivity index (χ1n) is 7.27. The summed E-state index contributed by atoms with van der Waals surface area (Å²) in [6.45, 7) is 5.88. The third-order valence-corrected chi connectivity index (χ3v) is 3.19. The normalized spacial score (nSPS) is 11.0. The molecule has 0 aliphatic heterocycles. The van der Waals surface area contributed by atoms with Crippen molar-refractivity contribution in [3.63, 3.8) is 0 Å². The van der Waals surface area contributed by atoms with E-state index in [-0.39, 0.29) is 5.82 Å². The molecular weight excluding hydrogens is 265 g/mol. The van der Waals surface area contributed by atoms with Crippen LogP contribution in [0.4, 0.5) is 4.39 Å². The quantitative estimate of drug-likeness (QED) is 0.830. The Bertz CT molecular complexity index is 569. The summed E-state index contributed by atoms with van der Waals surface area (Å²) in [6, 6.07) is 15.4. The molecule has 0 amide bonds. The van der Waals surface area contributed by atoms with Crippen LogP contribution in [0.15, 0.2) is 48.5 Å². The number of hydrogen-bond acceptors (Lipinski definition) is 2. The first-order valence-corrected chi connectivity index (χ1v) is 7.27. The van der Waals surface area contributed by atoms with Gasteiger partial charge in [0.25, 0.3) is 0 Å². The van der Waals surface area contributed by atoms with Gasteiger partial charge in [-0.05, 0) is 17.2 Å². The Morgan fingerprint density at radius 1 is 1.00 bits per heavy atom. The molecule has 0 bridgehead atoms. The second kappa shape index (κ2) is 7.91. The number of benzene rings is 2. The molecule has 2 aromatic carbocycles. The molecule has 112 valence electrons. The molecule has 0 radical (unpaired) electrons. The van der Waals surface area contributed by atoms with Crippen LogP contribution in [0, 0.1) is 5.82 Å². The van der Waals surface area contributed by atoms with E-state index < -0.39 is 0 Å².